The molecule has 4 aromatic carbocycles. The fourth-order valence-corrected chi connectivity index (χ4v) is 13.1. The number of aromatic nitrogens is 1. The van der Waals surface area contributed by atoms with Crippen molar-refractivity contribution in [1.82, 2.24) is 9.47 Å². The lowest BCUT2D eigenvalue weighted by Gasteiger charge is -2.37. The smallest absolute Gasteiger partial charge is 0.297 e. The molecule has 0 bridgehead atoms. The molecular formula is C46H51N3O8Si. The maximum absolute atomic E-state index is 15.5. The van der Waals surface area contributed by atoms with E-state index in [0.717, 1.165) is 22.1 Å². The minimum atomic E-state index is -2.57. The van der Waals surface area contributed by atoms with Gasteiger partial charge in [-0.15, -0.1) is 0 Å². The van der Waals surface area contributed by atoms with Crippen LogP contribution >= 0.6 is 0 Å². The summed E-state index contributed by atoms with van der Waals surface area (Å²) >= 11 is 0. The van der Waals surface area contributed by atoms with Gasteiger partial charge >= 0.3 is 0 Å². The average Bonchev–Trinajstić information content (AvgIpc) is 3.66. The molecule has 1 saturated heterocycles. The number of carbonyl (C=O) groups excluding carboxylic acids is 2. The SMILES string of the molecule is COc1ccc([Si](C)(C)[C@H]2[C@H](CC(=O)N(CCO)Cc3ccccc3)O[C@@]3(C(=O)N(Cc4cccc(-n5cccc(OC)c5=O)c4)c4ccc(OC)cc43)[C@@H]2C)cc1. The molecule has 0 saturated carbocycles. The Bertz CT molecular complexity index is 2330. The Morgan fingerprint density at radius 3 is 2.24 bits per heavy atom. The average molecular weight is 802 g/mol. The first-order valence-electron chi connectivity index (χ1n) is 19.6. The molecule has 11 nitrogen and oxygen atoms in total. The molecule has 0 aliphatic carbocycles. The van der Waals surface area contributed by atoms with Crippen molar-refractivity contribution in [1.29, 1.82) is 0 Å². The van der Waals surface area contributed by atoms with Crippen LogP contribution in [0.1, 0.15) is 30.0 Å². The number of amides is 2. The lowest BCUT2D eigenvalue weighted by atomic mass is 9.82. The summed E-state index contributed by atoms with van der Waals surface area (Å²) in [6.07, 6.45) is 1.09. The van der Waals surface area contributed by atoms with Crippen LogP contribution in [0.3, 0.4) is 0 Å². The summed E-state index contributed by atoms with van der Waals surface area (Å²) in [5, 5.41) is 11.2. The third-order valence-electron chi connectivity index (χ3n) is 12.0. The van der Waals surface area contributed by atoms with Crippen molar-refractivity contribution < 1.29 is 33.6 Å². The maximum Gasteiger partial charge on any atom is 0.297 e. The van der Waals surface area contributed by atoms with Crippen molar-refractivity contribution in [3.63, 3.8) is 0 Å². The van der Waals surface area contributed by atoms with E-state index in [1.165, 1.54) is 11.7 Å². The summed E-state index contributed by atoms with van der Waals surface area (Å²) in [6, 6.07) is 34.4. The minimum Gasteiger partial charge on any atom is -0.497 e. The monoisotopic (exact) mass is 801 g/mol. The molecule has 0 radical (unpaired) electrons. The van der Waals surface area contributed by atoms with Crippen LogP contribution in [-0.4, -0.2) is 75.0 Å². The summed E-state index contributed by atoms with van der Waals surface area (Å²) in [5.74, 6) is 0.818. The van der Waals surface area contributed by atoms with Gasteiger partial charge in [-0.2, -0.15) is 0 Å². The molecule has 1 N–H and O–H groups in total. The van der Waals surface area contributed by atoms with Crippen LogP contribution in [0, 0.1) is 5.92 Å². The number of fused-ring (bicyclic) bond motifs is 2. The van der Waals surface area contributed by atoms with Gasteiger partial charge in [0, 0.05) is 36.5 Å². The quantitative estimate of drug-likeness (QED) is 0.135. The number of hydrogen-bond acceptors (Lipinski definition) is 8. The Labute approximate surface area is 340 Å². The molecule has 1 fully saturated rings. The highest BCUT2D eigenvalue weighted by atomic mass is 28.3. The number of hydrogen-bond donors (Lipinski definition) is 1. The van der Waals surface area contributed by atoms with Gasteiger partial charge < -0.3 is 33.9 Å². The largest absolute Gasteiger partial charge is 0.497 e. The number of pyridine rings is 1. The van der Waals surface area contributed by atoms with Crippen LogP contribution in [0.5, 0.6) is 17.2 Å². The van der Waals surface area contributed by atoms with Gasteiger partial charge in [-0.25, -0.2) is 0 Å². The molecule has 2 amide bonds. The molecule has 1 spiro atoms. The first-order valence-corrected chi connectivity index (χ1v) is 22.6. The molecule has 4 atom stereocenters. The second-order valence-electron chi connectivity index (χ2n) is 15.6. The van der Waals surface area contributed by atoms with Gasteiger partial charge in [0.05, 0.1) is 60.8 Å². The first kappa shape index (κ1) is 40.5. The number of anilines is 1. The summed E-state index contributed by atoms with van der Waals surface area (Å²) in [6.45, 7) is 7.17. The second-order valence-corrected chi connectivity index (χ2v) is 20.3. The maximum atomic E-state index is 15.5. The lowest BCUT2D eigenvalue weighted by molar-refractivity contribution is -0.150. The number of aliphatic hydroxyl groups is 1. The van der Waals surface area contributed by atoms with Gasteiger partial charge in [0.2, 0.25) is 5.91 Å². The highest BCUT2D eigenvalue weighted by Gasteiger charge is 2.66. The molecule has 3 heterocycles. The number of aliphatic hydroxyl groups excluding tert-OH is 1. The van der Waals surface area contributed by atoms with Gasteiger partial charge in [-0.1, -0.05) is 79.8 Å². The van der Waals surface area contributed by atoms with Crippen LogP contribution in [0.25, 0.3) is 5.69 Å². The fourth-order valence-electron chi connectivity index (χ4n) is 9.11. The van der Waals surface area contributed by atoms with Crippen LogP contribution in [-0.2, 0) is 33.0 Å². The number of nitrogens with zero attached hydrogens (tertiary/aromatic N) is 3. The number of ether oxygens (including phenoxy) is 4. The second kappa shape index (κ2) is 16.7. The molecule has 12 heteroatoms. The zero-order valence-corrected chi connectivity index (χ0v) is 34.9. The zero-order valence-electron chi connectivity index (χ0n) is 33.9. The number of rotatable bonds is 14. The van der Waals surface area contributed by atoms with Crippen LogP contribution < -0.4 is 29.9 Å². The number of carbonyl (C=O) groups is 2. The number of benzene rings is 4. The molecule has 7 rings (SSSR count). The van der Waals surface area contributed by atoms with E-state index >= 15 is 4.79 Å². The van der Waals surface area contributed by atoms with Crippen molar-refractivity contribution in [3.8, 4) is 22.9 Å². The van der Waals surface area contributed by atoms with Crippen LogP contribution in [0.15, 0.2) is 120 Å². The summed E-state index contributed by atoms with van der Waals surface area (Å²) in [7, 11) is 2.13. The Kier molecular flexibility index (Phi) is 11.6. The predicted molar refractivity (Wildman–Crippen MR) is 226 cm³/mol. The van der Waals surface area contributed by atoms with E-state index in [4.69, 9.17) is 18.9 Å². The van der Waals surface area contributed by atoms with Gasteiger partial charge in [-0.05, 0) is 71.3 Å². The Hall–Kier alpha value is -5.69. The van der Waals surface area contributed by atoms with E-state index in [1.54, 1.807) is 42.3 Å². The van der Waals surface area contributed by atoms with E-state index < -0.39 is 19.8 Å². The van der Waals surface area contributed by atoms with Gasteiger partial charge in [-0.3, -0.25) is 19.0 Å². The molecule has 58 heavy (non-hydrogen) atoms. The summed E-state index contributed by atoms with van der Waals surface area (Å²) in [4.78, 5) is 46.5. The van der Waals surface area contributed by atoms with E-state index in [-0.39, 0.29) is 60.7 Å². The van der Waals surface area contributed by atoms with Crippen LogP contribution in [0.2, 0.25) is 18.6 Å². The molecule has 302 valence electrons. The van der Waals surface area contributed by atoms with Crippen LogP contribution in [0.4, 0.5) is 5.69 Å². The molecule has 0 unspecified atom stereocenters. The van der Waals surface area contributed by atoms with Crippen molar-refractivity contribution in [2.24, 2.45) is 5.92 Å². The Morgan fingerprint density at radius 2 is 1.55 bits per heavy atom. The van der Waals surface area contributed by atoms with Gasteiger partial charge in [0.15, 0.2) is 11.4 Å². The number of methoxy groups -OCH3 is 3. The topological polar surface area (TPSA) is 120 Å². The highest BCUT2D eigenvalue weighted by molar-refractivity contribution is 6.91. The Morgan fingerprint density at radius 1 is 0.845 bits per heavy atom. The Balaban J connectivity index is 1.30. The first-order chi connectivity index (χ1) is 28.0. The highest BCUT2D eigenvalue weighted by Crippen LogP contribution is 2.60. The molecule has 2 aliphatic heterocycles. The third kappa shape index (κ3) is 7.31. The molecular weight excluding hydrogens is 751 g/mol. The normalized spacial score (nSPS) is 19.9. The summed E-state index contributed by atoms with van der Waals surface area (Å²) < 4.78 is 25.3. The van der Waals surface area contributed by atoms with Gasteiger partial charge in [0.25, 0.3) is 11.5 Å². The minimum absolute atomic E-state index is 0.0279. The zero-order chi connectivity index (χ0) is 41.2. The predicted octanol–water partition coefficient (Wildman–Crippen LogP) is 6.04. The third-order valence-corrected chi connectivity index (χ3v) is 16.4. The van der Waals surface area contributed by atoms with Gasteiger partial charge in [0.1, 0.15) is 11.5 Å². The standard InChI is InChI=1S/C46H51N3O8Si/c1-31-43(58(5,6)37-20-17-35(54-2)18-21-37)41(28-42(51)47(24-25-50)29-32-12-8-7-9-13-32)57-46(31)38-27-36(55-3)19-22-39(38)49(45(46)53)30-33-14-10-15-34(26-33)48-23-11-16-40(56-4)44(48)52/h7-23,26-27,31,41,43,50H,24-25,28-30H2,1-6H3/t31-,41+,43-,46+/m1/s1. The van der Waals surface area contributed by atoms with Crippen molar-refractivity contribution >= 4 is 30.8 Å². The van der Waals surface area contributed by atoms with Crippen molar-refractivity contribution in [2.45, 2.75) is 56.8 Å². The molecule has 2 aliphatic rings. The fraction of sp³-hybridized carbons (Fsp3) is 0.326. The van der Waals surface area contributed by atoms with Crippen molar-refractivity contribution in [3.05, 3.63) is 142 Å². The molecule has 1 aromatic heterocycles. The molecule has 5 aromatic rings. The lowest BCUT2D eigenvalue weighted by Crippen LogP contribution is -2.52. The van der Waals surface area contributed by atoms with E-state index in [1.807, 2.05) is 84.9 Å². The van der Waals surface area contributed by atoms with E-state index in [9.17, 15) is 14.7 Å². The van der Waals surface area contributed by atoms with E-state index in [2.05, 4.69) is 32.2 Å². The van der Waals surface area contributed by atoms with E-state index in [0.29, 0.717) is 29.2 Å². The van der Waals surface area contributed by atoms with Crippen molar-refractivity contribution in [2.75, 3.05) is 39.4 Å². The summed E-state index contributed by atoms with van der Waals surface area (Å²) in [5.41, 5.74) is 1.87.